The first-order chi connectivity index (χ1) is 14.2. The summed E-state index contributed by atoms with van der Waals surface area (Å²) in [6, 6.07) is 9.83. The maximum atomic E-state index is 13.0. The summed E-state index contributed by atoms with van der Waals surface area (Å²) in [4.78, 5) is 13.0. The Bertz CT molecular complexity index is 762. The van der Waals surface area contributed by atoms with Crippen LogP contribution in [0.3, 0.4) is 0 Å². The zero-order chi connectivity index (χ0) is 21.8. The molecule has 2 fully saturated rings. The summed E-state index contributed by atoms with van der Waals surface area (Å²) in [5, 5.41) is 17.6. The van der Waals surface area contributed by atoms with E-state index >= 15 is 0 Å². The van der Waals surface area contributed by atoms with Gasteiger partial charge < -0.3 is 15.4 Å². The number of rotatable bonds is 5. The van der Waals surface area contributed by atoms with Crippen molar-refractivity contribution >= 4 is 17.5 Å². The minimum absolute atomic E-state index is 0.00992. The van der Waals surface area contributed by atoms with Gasteiger partial charge in [0.15, 0.2) is 0 Å². The zero-order valence-corrected chi connectivity index (χ0v) is 19.1. The lowest BCUT2D eigenvalue weighted by molar-refractivity contribution is -0.124. The molecule has 1 aromatic rings. The number of nitriles is 1. The molecule has 164 valence electrons. The zero-order valence-electron chi connectivity index (χ0n) is 18.3. The van der Waals surface area contributed by atoms with Crippen molar-refractivity contribution in [2.24, 2.45) is 17.3 Å². The van der Waals surface area contributed by atoms with Crippen molar-refractivity contribution in [2.45, 2.75) is 57.9 Å². The predicted octanol–water partition coefficient (Wildman–Crippen LogP) is 4.06. The van der Waals surface area contributed by atoms with Gasteiger partial charge in [-0.15, -0.1) is 0 Å². The lowest BCUT2D eigenvalue weighted by Gasteiger charge is -2.45. The molecular formula is C24H34ClN3O2. The third kappa shape index (κ3) is 5.55. The van der Waals surface area contributed by atoms with E-state index in [-0.39, 0.29) is 23.3 Å². The number of ether oxygens (including phenoxy) is 1. The number of hydrogen-bond donors (Lipinski definition) is 2. The average molecular weight is 432 g/mol. The molecule has 1 aromatic carbocycles. The SMILES string of the molecule is CC(C)(C)CC1CNC(C(=O)NCC2CCOCC2)CC1(C#N)c1ccc(Cl)cc1. The molecular weight excluding hydrogens is 398 g/mol. The van der Waals surface area contributed by atoms with E-state index in [1.807, 2.05) is 24.3 Å². The van der Waals surface area contributed by atoms with Crippen molar-refractivity contribution in [3.05, 3.63) is 34.9 Å². The lowest BCUT2D eigenvalue weighted by atomic mass is 9.61. The second kappa shape index (κ2) is 9.68. The topological polar surface area (TPSA) is 74.2 Å². The van der Waals surface area contributed by atoms with Crippen molar-refractivity contribution in [2.75, 3.05) is 26.3 Å². The largest absolute Gasteiger partial charge is 0.381 e. The van der Waals surface area contributed by atoms with Crippen LogP contribution in [-0.2, 0) is 14.9 Å². The minimum Gasteiger partial charge on any atom is -0.381 e. The number of piperidine rings is 1. The molecule has 0 radical (unpaired) electrons. The molecule has 2 saturated heterocycles. The number of carbonyl (C=O) groups excluding carboxylic acids is 1. The highest BCUT2D eigenvalue weighted by Gasteiger charge is 2.48. The fourth-order valence-corrected chi connectivity index (χ4v) is 4.94. The second-order valence-electron chi connectivity index (χ2n) is 10.0. The minimum atomic E-state index is -0.718. The molecule has 0 aromatic heterocycles. The van der Waals surface area contributed by atoms with Crippen molar-refractivity contribution < 1.29 is 9.53 Å². The van der Waals surface area contributed by atoms with Crippen LogP contribution < -0.4 is 10.6 Å². The molecule has 3 atom stereocenters. The second-order valence-corrected chi connectivity index (χ2v) is 10.5. The van der Waals surface area contributed by atoms with Gasteiger partial charge in [0, 0.05) is 31.3 Å². The predicted molar refractivity (Wildman–Crippen MR) is 119 cm³/mol. The fourth-order valence-electron chi connectivity index (χ4n) is 4.81. The van der Waals surface area contributed by atoms with Crippen LogP contribution in [0.1, 0.15) is 52.0 Å². The Hall–Kier alpha value is -1.61. The van der Waals surface area contributed by atoms with Gasteiger partial charge in [0.1, 0.15) is 0 Å². The molecule has 5 nitrogen and oxygen atoms in total. The van der Waals surface area contributed by atoms with Crippen molar-refractivity contribution in [1.29, 1.82) is 5.26 Å². The summed E-state index contributed by atoms with van der Waals surface area (Å²) < 4.78 is 5.40. The average Bonchev–Trinajstić information content (AvgIpc) is 2.72. The molecule has 3 rings (SSSR count). The van der Waals surface area contributed by atoms with Crippen molar-refractivity contribution in [1.82, 2.24) is 10.6 Å². The Kier molecular flexibility index (Phi) is 7.44. The highest BCUT2D eigenvalue weighted by Crippen LogP contribution is 2.44. The van der Waals surface area contributed by atoms with E-state index in [4.69, 9.17) is 16.3 Å². The van der Waals surface area contributed by atoms with Gasteiger partial charge in [-0.25, -0.2) is 0 Å². The highest BCUT2D eigenvalue weighted by atomic mass is 35.5. The first-order valence-corrected chi connectivity index (χ1v) is 11.4. The van der Waals surface area contributed by atoms with Gasteiger partial charge in [-0.2, -0.15) is 5.26 Å². The van der Waals surface area contributed by atoms with Crippen LogP contribution in [0, 0.1) is 28.6 Å². The third-order valence-electron chi connectivity index (χ3n) is 6.47. The van der Waals surface area contributed by atoms with E-state index in [9.17, 15) is 10.1 Å². The maximum absolute atomic E-state index is 13.0. The van der Waals surface area contributed by atoms with Crippen LogP contribution in [0.2, 0.25) is 5.02 Å². The molecule has 0 spiro atoms. The first-order valence-electron chi connectivity index (χ1n) is 11.0. The van der Waals surface area contributed by atoms with Crippen LogP contribution in [0.5, 0.6) is 0 Å². The molecule has 0 bridgehead atoms. The van der Waals surface area contributed by atoms with Gasteiger partial charge in [0.05, 0.1) is 17.5 Å². The standard InChI is InChI=1S/C24H34ClN3O2/c1-23(2,3)12-19-15-27-21(22(29)28-14-17-8-10-30-11-9-17)13-24(19,16-26)18-4-6-20(25)7-5-18/h4-7,17,19,21,27H,8-15H2,1-3H3,(H,28,29). The normalized spacial score (nSPS) is 28.0. The molecule has 3 unspecified atom stereocenters. The first kappa shape index (κ1) is 23.1. The van der Waals surface area contributed by atoms with Gasteiger partial charge in [0.2, 0.25) is 5.91 Å². The summed E-state index contributed by atoms with van der Waals surface area (Å²) in [5.74, 6) is 0.574. The van der Waals surface area contributed by atoms with Crippen LogP contribution in [0.15, 0.2) is 24.3 Å². The van der Waals surface area contributed by atoms with E-state index in [0.717, 1.165) is 38.0 Å². The summed E-state index contributed by atoms with van der Waals surface area (Å²) in [7, 11) is 0. The number of benzene rings is 1. The Morgan fingerprint density at radius 3 is 2.57 bits per heavy atom. The number of nitrogens with one attached hydrogen (secondary N) is 2. The molecule has 2 heterocycles. The smallest absolute Gasteiger partial charge is 0.237 e. The van der Waals surface area contributed by atoms with Crippen molar-refractivity contribution in [3.63, 3.8) is 0 Å². The van der Waals surface area contributed by atoms with E-state index in [0.29, 0.717) is 30.5 Å². The summed E-state index contributed by atoms with van der Waals surface area (Å²) >= 11 is 6.11. The van der Waals surface area contributed by atoms with Crippen LogP contribution in [-0.4, -0.2) is 38.3 Å². The Morgan fingerprint density at radius 2 is 1.97 bits per heavy atom. The van der Waals surface area contributed by atoms with E-state index in [1.165, 1.54) is 0 Å². The van der Waals surface area contributed by atoms with Gasteiger partial charge in [0.25, 0.3) is 0 Å². The highest BCUT2D eigenvalue weighted by molar-refractivity contribution is 6.30. The van der Waals surface area contributed by atoms with Gasteiger partial charge >= 0.3 is 0 Å². The summed E-state index contributed by atoms with van der Waals surface area (Å²) in [5.41, 5.74) is 0.315. The lowest BCUT2D eigenvalue weighted by Crippen LogP contribution is -2.58. The molecule has 1 amide bonds. The number of nitrogens with zero attached hydrogens (tertiary/aromatic N) is 1. The maximum Gasteiger partial charge on any atom is 0.237 e. The molecule has 0 aliphatic carbocycles. The number of carbonyl (C=O) groups is 1. The molecule has 0 saturated carbocycles. The molecule has 2 aliphatic rings. The Labute approximate surface area is 185 Å². The Balaban J connectivity index is 1.78. The third-order valence-corrected chi connectivity index (χ3v) is 6.73. The quantitative estimate of drug-likeness (QED) is 0.737. The molecule has 30 heavy (non-hydrogen) atoms. The summed E-state index contributed by atoms with van der Waals surface area (Å²) in [6.07, 6.45) is 3.33. The van der Waals surface area contributed by atoms with E-state index < -0.39 is 5.41 Å². The molecule has 2 N–H and O–H groups in total. The van der Waals surface area contributed by atoms with Gasteiger partial charge in [-0.05, 0) is 60.6 Å². The summed E-state index contributed by atoms with van der Waals surface area (Å²) in [6.45, 7) is 9.45. The Morgan fingerprint density at radius 1 is 1.30 bits per heavy atom. The molecule has 2 aliphatic heterocycles. The monoisotopic (exact) mass is 431 g/mol. The van der Waals surface area contributed by atoms with Gasteiger partial charge in [-0.3, -0.25) is 4.79 Å². The van der Waals surface area contributed by atoms with Crippen LogP contribution in [0.25, 0.3) is 0 Å². The van der Waals surface area contributed by atoms with E-state index in [1.54, 1.807) is 0 Å². The molecule has 6 heteroatoms. The number of halogens is 1. The van der Waals surface area contributed by atoms with Crippen LogP contribution >= 0.6 is 11.6 Å². The number of amides is 1. The van der Waals surface area contributed by atoms with E-state index in [2.05, 4.69) is 37.5 Å². The van der Waals surface area contributed by atoms with Gasteiger partial charge in [-0.1, -0.05) is 44.5 Å². The van der Waals surface area contributed by atoms with Crippen LogP contribution in [0.4, 0.5) is 0 Å². The fraction of sp³-hybridized carbons (Fsp3) is 0.667. The number of hydrogen-bond acceptors (Lipinski definition) is 4. The van der Waals surface area contributed by atoms with Crippen molar-refractivity contribution in [3.8, 4) is 6.07 Å².